The molecule has 112 valence electrons. The maximum absolute atomic E-state index is 12.3. The molecule has 0 saturated carbocycles. The highest BCUT2D eigenvalue weighted by Crippen LogP contribution is 2.21. The molecule has 0 bridgehead atoms. The summed E-state index contributed by atoms with van der Waals surface area (Å²) in [5, 5.41) is 7.76. The third kappa shape index (κ3) is 3.61. The van der Waals surface area contributed by atoms with Crippen LogP contribution in [0.5, 0.6) is 0 Å². The number of hydrogen-bond donors (Lipinski definition) is 1. The Morgan fingerprint density at radius 1 is 1.60 bits per heavy atom. The summed E-state index contributed by atoms with van der Waals surface area (Å²) in [6.07, 6.45) is 4.20. The van der Waals surface area contributed by atoms with Gasteiger partial charge in [0.2, 0.25) is 0 Å². The molecule has 1 saturated heterocycles. The first kappa shape index (κ1) is 15.5. The van der Waals surface area contributed by atoms with E-state index in [9.17, 15) is 4.79 Å². The lowest BCUT2D eigenvalue weighted by atomic mass is 10.2. The molecule has 1 aliphatic rings. The summed E-state index contributed by atoms with van der Waals surface area (Å²) in [5.41, 5.74) is 0.811. The zero-order valence-corrected chi connectivity index (χ0v) is 14.0. The van der Waals surface area contributed by atoms with Gasteiger partial charge in [-0.05, 0) is 41.2 Å². The molecule has 6 heteroatoms. The highest BCUT2D eigenvalue weighted by molar-refractivity contribution is 9.10. The molecule has 0 amide bonds. The van der Waals surface area contributed by atoms with Crippen LogP contribution in [-0.2, 0) is 6.54 Å². The minimum Gasteiger partial charge on any atom is -0.371 e. The molecule has 0 radical (unpaired) electrons. The highest BCUT2D eigenvalue weighted by Gasteiger charge is 2.19. The van der Waals surface area contributed by atoms with Crippen LogP contribution in [0.15, 0.2) is 15.5 Å². The molecule has 1 N–H and O–H groups in total. The van der Waals surface area contributed by atoms with Crippen LogP contribution in [0.3, 0.4) is 0 Å². The largest absolute Gasteiger partial charge is 0.371 e. The third-order valence-electron chi connectivity index (χ3n) is 3.57. The predicted molar refractivity (Wildman–Crippen MR) is 85.3 cm³/mol. The average molecular weight is 343 g/mol. The molecule has 0 spiro atoms. The van der Waals surface area contributed by atoms with E-state index in [-0.39, 0.29) is 5.56 Å². The average Bonchev–Trinajstić information content (AvgIpc) is 2.87. The van der Waals surface area contributed by atoms with Crippen molar-refractivity contribution in [1.29, 1.82) is 0 Å². The van der Waals surface area contributed by atoms with E-state index >= 15 is 0 Å². The maximum atomic E-state index is 12.3. The lowest BCUT2D eigenvalue weighted by molar-refractivity contribution is 0.462. The molecule has 1 fully saturated rings. The van der Waals surface area contributed by atoms with E-state index in [1.165, 1.54) is 17.5 Å². The van der Waals surface area contributed by atoms with Crippen molar-refractivity contribution in [2.45, 2.75) is 39.3 Å². The number of hydrogen-bond acceptors (Lipinski definition) is 4. The summed E-state index contributed by atoms with van der Waals surface area (Å²) in [5.74, 6) is 0.401. The number of anilines is 1. The quantitative estimate of drug-likeness (QED) is 0.887. The topological polar surface area (TPSA) is 50.2 Å². The van der Waals surface area contributed by atoms with E-state index in [2.05, 4.69) is 45.1 Å². The Morgan fingerprint density at radius 3 is 2.95 bits per heavy atom. The van der Waals surface area contributed by atoms with Gasteiger partial charge in [-0.1, -0.05) is 13.8 Å². The van der Waals surface area contributed by atoms with Gasteiger partial charge >= 0.3 is 0 Å². The van der Waals surface area contributed by atoms with Crippen LogP contribution >= 0.6 is 15.9 Å². The van der Waals surface area contributed by atoms with Gasteiger partial charge in [0.1, 0.15) is 4.47 Å². The summed E-state index contributed by atoms with van der Waals surface area (Å²) >= 11 is 3.44. The molecule has 2 rings (SSSR count). The van der Waals surface area contributed by atoms with Crippen LogP contribution in [0.25, 0.3) is 0 Å². The summed E-state index contributed by atoms with van der Waals surface area (Å²) in [6.45, 7) is 6.79. The molecular weight excluding hydrogens is 320 g/mol. The molecule has 1 aromatic heterocycles. The van der Waals surface area contributed by atoms with Crippen molar-refractivity contribution >= 4 is 21.6 Å². The summed E-state index contributed by atoms with van der Waals surface area (Å²) < 4.78 is 2.13. The molecule has 1 aromatic rings. The molecule has 1 aliphatic heterocycles. The van der Waals surface area contributed by atoms with Gasteiger partial charge in [-0.2, -0.15) is 5.10 Å². The number of rotatable bonds is 5. The molecule has 1 atom stereocenters. The molecule has 5 nitrogen and oxygen atoms in total. The van der Waals surface area contributed by atoms with E-state index in [1.54, 1.807) is 6.20 Å². The van der Waals surface area contributed by atoms with Crippen LogP contribution in [0.1, 0.15) is 26.7 Å². The van der Waals surface area contributed by atoms with E-state index in [0.29, 0.717) is 23.0 Å². The van der Waals surface area contributed by atoms with Gasteiger partial charge in [0.05, 0.1) is 11.9 Å². The summed E-state index contributed by atoms with van der Waals surface area (Å²) in [4.78, 5) is 14.4. The van der Waals surface area contributed by atoms with Crippen LogP contribution in [0.2, 0.25) is 0 Å². The van der Waals surface area contributed by atoms with Gasteiger partial charge in [0, 0.05) is 26.2 Å². The van der Waals surface area contributed by atoms with Crippen molar-refractivity contribution in [3.05, 3.63) is 21.0 Å². The molecule has 1 unspecified atom stereocenters. The van der Waals surface area contributed by atoms with Gasteiger partial charge in [-0.3, -0.25) is 4.79 Å². The molecule has 2 heterocycles. The lowest BCUT2D eigenvalue weighted by Gasteiger charge is -2.24. The van der Waals surface area contributed by atoms with Gasteiger partial charge in [0.25, 0.3) is 5.56 Å². The Hall–Kier alpha value is -0.880. The van der Waals surface area contributed by atoms with Crippen LogP contribution < -0.4 is 15.8 Å². The van der Waals surface area contributed by atoms with E-state index in [0.717, 1.165) is 18.8 Å². The van der Waals surface area contributed by atoms with E-state index < -0.39 is 0 Å². The van der Waals surface area contributed by atoms with Crippen molar-refractivity contribution in [3.63, 3.8) is 0 Å². The second kappa shape index (κ2) is 6.72. The zero-order valence-electron chi connectivity index (χ0n) is 12.4. The standard InChI is InChI=1S/C14H23BrN4O/c1-10(2)8-19-14(20)13(15)12(7-17-19)18(3)9-11-5-4-6-16-11/h7,10-11,16H,4-6,8-9H2,1-3H3. The van der Waals surface area contributed by atoms with E-state index in [4.69, 9.17) is 0 Å². The van der Waals surface area contributed by atoms with Crippen molar-refractivity contribution in [2.75, 3.05) is 25.0 Å². The minimum absolute atomic E-state index is 0.0533. The number of halogens is 1. The Balaban J connectivity index is 2.15. The first-order chi connectivity index (χ1) is 9.49. The predicted octanol–water partition coefficient (Wildman–Crippen LogP) is 1.85. The number of nitrogens with one attached hydrogen (secondary N) is 1. The molecule has 0 aliphatic carbocycles. The summed E-state index contributed by atoms with van der Waals surface area (Å²) in [7, 11) is 2.01. The zero-order chi connectivity index (χ0) is 14.7. The lowest BCUT2D eigenvalue weighted by Crippen LogP contribution is -2.37. The van der Waals surface area contributed by atoms with Gasteiger partial charge in [-0.25, -0.2) is 4.68 Å². The Morgan fingerprint density at radius 2 is 2.35 bits per heavy atom. The van der Waals surface area contributed by atoms with Crippen molar-refractivity contribution in [2.24, 2.45) is 5.92 Å². The monoisotopic (exact) mass is 342 g/mol. The van der Waals surface area contributed by atoms with Crippen LogP contribution in [-0.4, -0.2) is 36.0 Å². The Labute approximate surface area is 128 Å². The second-order valence-electron chi connectivity index (χ2n) is 5.90. The van der Waals surface area contributed by atoms with Gasteiger partial charge in [-0.15, -0.1) is 0 Å². The molecular formula is C14H23BrN4O. The molecule has 20 heavy (non-hydrogen) atoms. The maximum Gasteiger partial charge on any atom is 0.283 e. The fourth-order valence-corrected chi connectivity index (χ4v) is 3.15. The van der Waals surface area contributed by atoms with Crippen molar-refractivity contribution in [1.82, 2.24) is 15.1 Å². The minimum atomic E-state index is -0.0533. The second-order valence-corrected chi connectivity index (χ2v) is 6.69. The van der Waals surface area contributed by atoms with Gasteiger partial charge in [0.15, 0.2) is 0 Å². The summed E-state index contributed by atoms with van der Waals surface area (Å²) in [6, 6.07) is 0.505. The molecule has 0 aromatic carbocycles. The van der Waals surface area contributed by atoms with Crippen LogP contribution in [0.4, 0.5) is 5.69 Å². The number of likely N-dealkylation sites (N-methyl/N-ethyl adjacent to an activating group) is 1. The Kier molecular flexibility index (Phi) is 5.21. The SMILES string of the molecule is CC(C)Cn1ncc(N(C)CC2CCCN2)c(Br)c1=O. The first-order valence-corrected chi connectivity index (χ1v) is 7.98. The highest BCUT2D eigenvalue weighted by atomic mass is 79.9. The Bertz CT molecular complexity index is 508. The number of aromatic nitrogens is 2. The van der Waals surface area contributed by atoms with Crippen molar-refractivity contribution < 1.29 is 0 Å². The fourth-order valence-electron chi connectivity index (χ4n) is 2.54. The fraction of sp³-hybridized carbons (Fsp3) is 0.714. The van der Waals surface area contributed by atoms with Crippen molar-refractivity contribution in [3.8, 4) is 0 Å². The van der Waals surface area contributed by atoms with Gasteiger partial charge < -0.3 is 10.2 Å². The van der Waals surface area contributed by atoms with E-state index in [1.807, 2.05) is 7.05 Å². The first-order valence-electron chi connectivity index (χ1n) is 7.19. The smallest absolute Gasteiger partial charge is 0.283 e. The number of nitrogens with zero attached hydrogens (tertiary/aromatic N) is 3. The third-order valence-corrected chi connectivity index (χ3v) is 4.32. The normalized spacial score (nSPS) is 18.8. The van der Waals surface area contributed by atoms with Crippen LogP contribution in [0, 0.1) is 5.92 Å².